The molecule has 0 heterocycles. The number of anilines is 1. The van der Waals surface area contributed by atoms with Crippen molar-refractivity contribution in [3.05, 3.63) is 18.2 Å². The van der Waals surface area contributed by atoms with Gasteiger partial charge in [0.1, 0.15) is 5.75 Å². The standard InChI is InChI=1S/C13H22N2O2S/c1-4-17-11-6-7-12(14)13(10-11)18(16)9-5-8-15(2)3/h6-7,10H,4-5,8-9,14H2,1-3H3. The highest BCUT2D eigenvalue weighted by molar-refractivity contribution is 7.85. The normalized spacial score (nSPS) is 12.7. The van der Waals surface area contributed by atoms with Crippen molar-refractivity contribution in [2.45, 2.75) is 18.2 Å². The van der Waals surface area contributed by atoms with Crippen LogP contribution in [-0.4, -0.2) is 42.1 Å². The fraction of sp³-hybridized carbons (Fsp3) is 0.538. The lowest BCUT2D eigenvalue weighted by Crippen LogP contribution is -2.15. The van der Waals surface area contributed by atoms with Crippen molar-refractivity contribution in [1.29, 1.82) is 0 Å². The summed E-state index contributed by atoms with van der Waals surface area (Å²) >= 11 is 0. The topological polar surface area (TPSA) is 55.6 Å². The Morgan fingerprint density at radius 3 is 2.72 bits per heavy atom. The molecule has 0 saturated carbocycles. The minimum Gasteiger partial charge on any atom is -0.494 e. The van der Waals surface area contributed by atoms with Gasteiger partial charge in [-0.05, 0) is 52.2 Å². The summed E-state index contributed by atoms with van der Waals surface area (Å²) in [4.78, 5) is 2.76. The van der Waals surface area contributed by atoms with Gasteiger partial charge in [0, 0.05) is 11.4 Å². The van der Waals surface area contributed by atoms with Crippen LogP contribution in [0.1, 0.15) is 13.3 Å². The quantitative estimate of drug-likeness (QED) is 0.767. The van der Waals surface area contributed by atoms with E-state index in [1.807, 2.05) is 21.0 Å². The molecule has 1 unspecified atom stereocenters. The van der Waals surface area contributed by atoms with E-state index < -0.39 is 10.8 Å². The molecule has 0 bridgehead atoms. The van der Waals surface area contributed by atoms with Crippen LogP contribution in [0, 0.1) is 0 Å². The van der Waals surface area contributed by atoms with Gasteiger partial charge in [0.05, 0.1) is 22.3 Å². The molecule has 1 aromatic rings. The molecule has 2 N–H and O–H groups in total. The predicted octanol–water partition coefficient (Wildman–Crippen LogP) is 1.73. The molecule has 18 heavy (non-hydrogen) atoms. The van der Waals surface area contributed by atoms with Crippen molar-refractivity contribution in [3.63, 3.8) is 0 Å². The van der Waals surface area contributed by atoms with Crippen LogP contribution in [0.25, 0.3) is 0 Å². The summed E-state index contributed by atoms with van der Waals surface area (Å²) in [6.45, 7) is 3.44. The van der Waals surface area contributed by atoms with Gasteiger partial charge < -0.3 is 15.4 Å². The van der Waals surface area contributed by atoms with Crippen LogP contribution < -0.4 is 10.5 Å². The number of hydrogen-bond acceptors (Lipinski definition) is 4. The lowest BCUT2D eigenvalue weighted by Gasteiger charge is -2.11. The zero-order valence-corrected chi connectivity index (χ0v) is 12.1. The number of hydrogen-bond donors (Lipinski definition) is 1. The maximum atomic E-state index is 12.2. The fourth-order valence-electron chi connectivity index (χ4n) is 1.59. The molecule has 1 atom stereocenters. The monoisotopic (exact) mass is 270 g/mol. The van der Waals surface area contributed by atoms with Gasteiger partial charge in [0.25, 0.3) is 0 Å². The van der Waals surface area contributed by atoms with Crippen molar-refractivity contribution < 1.29 is 8.95 Å². The number of benzene rings is 1. The third kappa shape index (κ3) is 4.66. The van der Waals surface area contributed by atoms with Gasteiger partial charge >= 0.3 is 0 Å². The lowest BCUT2D eigenvalue weighted by molar-refractivity contribution is 0.339. The molecule has 0 saturated heterocycles. The molecule has 0 radical (unpaired) electrons. The van der Waals surface area contributed by atoms with Crippen molar-refractivity contribution >= 4 is 16.5 Å². The van der Waals surface area contributed by atoms with Crippen molar-refractivity contribution in [1.82, 2.24) is 4.90 Å². The van der Waals surface area contributed by atoms with Crippen molar-refractivity contribution in [2.75, 3.05) is 38.7 Å². The van der Waals surface area contributed by atoms with Gasteiger partial charge in [-0.1, -0.05) is 0 Å². The van der Waals surface area contributed by atoms with E-state index in [0.29, 0.717) is 22.9 Å². The average molecular weight is 270 g/mol. The summed E-state index contributed by atoms with van der Waals surface area (Å²) in [6.07, 6.45) is 0.887. The number of nitrogen functional groups attached to an aromatic ring is 1. The summed E-state index contributed by atoms with van der Waals surface area (Å²) < 4.78 is 17.6. The highest BCUT2D eigenvalue weighted by Crippen LogP contribution is 2.23. The number of nitrogens with zero attached hydrogens (tertiary/aromatic N) is 1. The summed E-state index contributed by atoms with van der Waals surface area (Å²) in [5, 5.41) is 0. The number of nitrogens with two attached hydrogens (primary N) is 1. The first kappa shape index (κ1) is 15.0. The summed E-state index contributed by atoms with van der Waals surface area (Å²) in [5.41, 5.74) is 6.43. The second-order valence-electron chi connectivity index (χ2n) is 4.34. The van der Waals surface area contributed by atoms with E-state index in [1.54, 1.807) is 18.2 Å². The number of rotatable bonds is 7. The zero-order valence-electron chi connectivity index (χ0n) is 11.3. The van der Waals surface area contributed by atoms with E-state index in [0.717, 1.165) is 18.7 Å². The lowest BCUT2D eigenvalue weighted by atomic mass is 10.3. The molecule has 4 nitrogen and oxygen atoms in total. The Hall–Kier alpha value is -1.07. The zero-order chi connectivity index (χ0) is 13.5. The molecule has 0 amide bonds. The second kappa shape index (κ2) is 7.38. The van der Waals surface area contributed by atoms with Crippen molar-refractivity contribution in [3.8, 4) is 5.75 Å². The predicted molar refractivity (Wildman–Crippen MR) is 76.5 cm³/mol. The first-order valence-corrected chi connectivity index (χ1v) is 7.42. The van der Waals surface area contributed by atoms with Gasteiger partial charge in [-0.25, -0.2) is 0 Å². The van der Waals surface area contributed by atoms with E-state index in [1.165, 1.54) is 0 Å². The van der Waals surface area contributed by atoms with Gasteiger partial charge in [-0.3, -0.25) is 4.21 Å². The molecule has 102 valence electrons. The number of ether oxygens (including phenoxy) is 1. The van der Waals surface area contributed by atoms with Gasteiger partial charge in [-0.2, -0.15) is 0 Å². The highest BCUT2D eigenvalue weighted by Gasteiger charge is 2.09. The van der Waals surface area contributed by atoms with Crippen LogP contribution in [0.15, 0.2) is 23.1 Å². The smallest absolute Gasteiger partial charge is 0.120 e. The van der Waals surface area contributed by atoms with E-state index in [9.17, 15) is 4.21 Å². The van der Waals surface area contributed by atoms with Crippen LogP contribution >= 0.6 is 0 Å². The summed E-state index contributed by atoms with van der Waals surface area (Å²) in [6, 6.07) is 5.34. The first-order chi connectivity index (χ1) is 8.54. The molecule has 0 aliphatic rings. The maximum Gasteiger partial charge on any atom is 0.120 e. The van der Waals surface area contributed by atoms with Crippen LogP contribution in [0.4, 0.5) is 5.69 Å². The molecule has 0 spiro atoms. The molecule has 1 aromatic carbocycles. The Bertz CT molecular complexity index is 408. The highest BCUT2D eigenvalue weighted by atomic mass is 32.2. The molecular weight excluding hydrogens is 248 g/mol. The van der Waals surface area contributed by atoms with E-state index in [4.69, 9.17) is 10.5 Å². The average Bonchev–Trinajstić information content (AvgIpc) is 2.31. The van der Waals surface area contributed by atoms with Crippen LogP contribution in [0.2, 0.25) is 0 Å². The Balaban J connectivity index is 2.68. The molecule has 0 aromatic heterocycles. The third-order valence-corrected chi connectivity index (χ3v) is 3.98. The molecule has 0 fully saturated rings. The Labute approximate surface area is 112 Å². The molecular formula is C13H22N2O2S. The van der Waals surface area contributed by atoms with Crippen LogP contribution in [0.3, 0.4) is 0 Å². The summed E-state index contributed by atoms with van der Waals surface area (Å²) in [5.74, 6) is 1.35. The fourth-order valence-corrected chi connectivity index (χ4v) is 2.78. The summed E-state index contributed by atoms with van der Waals surface area (Å²) in [7, 11) is 2.96. The Morgan fingerprint density at radius 1 is 1.39 bits per heavy atom. The molecule has 0 aliphatic carbocycles. The molecule has 0 aliphatic heterocycles. The van der Waals surface area contributed by atoms with Crippen LogP contribution in [-0.2, 0) is 10.8 Å². The Morgan fingerprint density at radius 2 is 2.11 bits per heavy atom. The largest absolute Gasteiger partial charge is 0.494 e. The third-order valence-electron chi connectivity index (χ3n) is 2.48. The first-order valence-electron chi connectivity index (χ1n) is 6.10. The maximum absolute atomic E-state index is 12.2. The Kier molecular flexibility index (Phi) is 6.15. The van der Waals surface area contributed by atoms with Gasteiger partial charge in [0.2, 0.25) is 0 Å². The SMILES string of the molecule is CCOc1ccc(N)c(S(=O)CCCN(C)C)c1. The van der Waals surface area contributed by atoms with E-state index in [-0.39, 0.29) is 0 Å². The second-order valence-corrected chi connectivity index (χ2v) is 5.88. The molecule has 1 rings (SSSR count). The van der Waals surface area contributed by atoms with E-state index >= 15 is 0 Å². The van der Waals surface area contributed by atoms with Gasteiger partial charge in [-0.15, -0.1) is 0 Å². The van der Waals surface area contributed by atoms with Crippen molar-refractivity contribution in [2.24, 2.45) is 0 Å². The minimum absolute atomic E-state index is 0.571. The van der Waals surface area contributed by atoms with Crippen LogP contribution in [0.5, 0.6) is 5.75 Å². The minimum atomic E-state index is -1.06. The molecule has 5 heteroatoms. The van der Waals surface area contributed by atoms with E-state index in [2.05, 4.69) is 4.90 Å². The van der Waals surface area contributed by atoms with Gasteiger partial charge in [0.15, 0.2) is 0 Å².